The van der Waals surface area contributed by atoms with Crippen LogP contribution in [0.4, 0.5) is 4.39 Å². The van der Waals surface area contributed by atoms with Gasteiger partial charge in [0.05, 0.1) is 0 Å². The van der Waals surface area contributed by atoms with E-state index >= 15 is 0 Å². The van der Waals surface area contributed by atoms with Crippen LogP contribution in [0.15, 0.2) is 48.5 Å². The third-order valence-electron chi connectivity index (χ3n) is 3.18. The second-order valence-corrected chi connectivity index (χ2v) is 5.11. The minimum Gasteiger partial charge on any atom is -0.309 e. The second kappa shape index (κ2) is 6.48. The quantitative estimate of drug-likeness (QED) is 0.783. The molecule has 100 valence electrons. The molecule has 0 unspecified atom stereocenters. The van der Waals surface area contributed by atoms with Gasteiger partial charge < -0.3 is 4.90 Å². The molecular formula is C17H20FN. The number of aryl methyl sites for hydroxylation is 1. The Kier molecular flexibility index (Phi) is 4.69. The van der Waals surface area contributed by atoms with Crippen molar-refractivity contribution in [2.45, 2.75) is 12.8 Å². The molecule has 2 rings (SSSR count). The molecule has 19 heavy (non-hydrogen) atoms. The van der Waals surface area contributed by atoms with Gasteiger partial charge >= 0.3 is 0 Å². The van der Waals surface area contributed by atoms with Gasteiger partial charge in [-0.05, 0) is 62.3 Å². The highest BCUT2D eigenvalue weighted by atomic mass is 19.1. The van der Waals surface area contributed by atoms with Crippen molar-refractivity contribution < 1.29 is 4.39 Å². The Bertz CT molecular complexity index is 517. The van der Waals surface area contributed by atoms with E-state index in [0.717, 1.165) is 30.5 Å². The molecule has 0 amide bonds. The average Bonchev–Trinajstić information content (AvgIpc) is 2.39. The number of hydrogen-bond acceptors (Lipinski definition) is 1. The van der Waals surface area contributed by atoms with Crippen LogP contribution >= 0.6 is 0 Å². The van der Waals surface area contributed by atoms with Crippen LogP contribution in [0.25, 0.3) is 11.1 Å². The molecule has 2 heteroatoms. The van der Waals surface area contributed by atoms with Crippen LogP contribution < -0.4 is 0 Å². The van der Waals surface area contributed by atoms with Gasteiger partial charge in [-0.2, -0.15) is 0 Å². The van der Waals surface area contributed by atoms with Gasteiger partial charge in [0.15, 0.2) is 0 Å². The third-order valence-corrected chi connectivity index (χ3v) is 3.18. The van der Waals surface area contributed by atoms with Gasteiger partial charge in [-0.15, -0.1) is 0 Å². The summed E-state index contributed by atoms with van der Waals surface area (Å²) in [7, 11) is 4.18. The van der Waals surface area contributed by atoms with Crippen LogP contribution in [-0.2, 0) is 6.42 Å². The van der Waals surface area contributed by atoms with Crippen LogP contribution in [-0.4, -0.2) is 25.5 Å². The summed E-state index contributed by atoms with van der Waals surface area (Å²) in [5.41, 5.74) is 3.56. The Morgan fingerprint density at radius 3 is 2.37 bits per heavy atom. The van der Waals surface area contributed by atoms with Gasteiger partial charge in [0, 0.05) is 0 Å². The SMILES string of the molecule is CN(C)CCCc1cccc(-c2ccc(F)cc2)c1. The Labute approximate surface area is 114 Å². The molecular weight excluding hydrogens is 237 g/mol. The molecule has 0 saturated heterocycles. The van der Waals surface area contributed by atoms with Crippen molar-refractivity contribution in [2.24, 2.45) is 0 Å². The van der Waals surface area contributed by atoms with E-state index in [1.165, 1.54) is 17.7 Å². The maximum Gasteiger partial charge on any atom is 0.123 e. The molecule has 0 radical (unpaired) electrons. The third kappa shape index (κ3) is 4.18. The molecule has 0 bridgehead atoms. The highest BCUT2D eigenvalue weighted by Gasteiger charge is 2.00. The lowest BCUT2D eigenvalue weighted by molar-refractivity contribution is 0.400. The Balaban J connectivity index is 2.08. The van der Waals surface area contributed by atoms with E-state index in [-0.39, 0.29) is 5.82 Å². The number of hydrogen-bond donors (Lipinski definition) is 0. The van der Waals surface area contributed by atoms with E-state index in [4.69, 9.17) is 0 Å². The summed E-state index contributed by atoms with van der Waals surface area (Å²) in [6.07, 6.45) is 2.23. The fourth-order valence-electron chi connectivity index (χ4n) is 2.15. The largest absolute Gasteiger partial charge is 0.309 e. The zero-order valence-corrected chi connectivity index (χ0v) is 11.6. The van der Waals surface area contributed by atoms with Gasteiger partial charge in [0.25, 0.3) is 0 Å². The molecule has 2 aromatic carbocycles. The maximum absolute atomic E-state index is 12.9. The minimum atomic E-state index is -0.189. The summed E-state index contributed by atoms with van der Waals surface area (Å²) in [6, 6.07) is 15.2. The lowest BCUT2D eigenvalue weighted by Crippen LogP contribution is -2.13. The number of rotatable bonds is 5. The summed E-state index contributed by atoms with van der Waals surface area (Å²) in [5, 5.41) is 0. The van der Waals surface area contributed by atoms with E-state index in [1.807, 2.05) is 12.1 Å². The highest BCUT2D eigenvalue weighted by molar-refractivity contribution is 5.64. The van der Waals surface area contributed by atoms with E-state index < -0.39 is 0 Å². The van der Waals surface area contributed by atoms with Gasteiger partial charge in [-0.25, -0.2) is 4.39 Å². The Morgan fingerprint density at radius 1 is 0.947 bits per heavy atom. The molecule has 0 N–H and O–H groups in total. The first kappa shape index (κ1) is 13.8. The van der Waals surface area contributed by atoms with E-state index in [2.05, 4.69) is 43.3 Å². The topological polar surface area (TPSA) is 3.24 Å². The van der Waals surface area contributed by atoms with Crippen LogP contribution in [0.1, 0.15) is 12.0 Å². The normalized spacial score (nSPS) is 10.9. The molecule has 0 aliphatic carbocycles. The predicted octanol–water partition coefficient (Wildman–Crippen LogP) is 3.99. The first-order chi connectivity index (χ1) is 9.15. The van der Waals surface area contributed by atoms with Crippen molar-refractivity contribution in [2.75, 3.05) is 20.6 Å². The summed E-state index contributed by atoms with van der Waals surface area (Å²) in [5.74, 6) is -0.189. The second-order valence-electron chi connectivity index (χ2n) is 5.11. The molecule has 0 aliphatic rings. The first-order valence-electron chi connectivity index (χ1n) is 6.65. The van der Waals surface area contributed by atoms with E-state index in [0.29, 0.717) is 0 Å². The maximum atomic E-state index is 12.9. The smallest absolute Gasteiger partial charge is 0.123 e. The standard InChI is InChI=1S/C17H20FN/c1-19(2)12-4-6-14-5-3-7-16(13-14)15-8-10-17(18)11-9-15/h3,5,7-11,13H,4,6,12H2,1-2H3. The van der Waals surface area contributed by atoms with E-state index in [9.17, 15) is 4.39 Å². The molecule has 1 nitrogen and oxygen atoms in total. The van der Waals surface area contributed by atoms with Crippen molar-refractivity contribution in [1.29, 1.82) is 0 Å². The molecule has 0 atom stereocenters. The van der Waals surface area contributed by atoms with Crippen LogP contribution in [0.2, 0.25) is 0 Å². The van der Waals surface area contributed by atoms with Crippen molar-refractivity contribution >= 4 is 0 Å². The molecule has 0 fully saturated rings. The first-order valence-corrected chi connectivity index (χ1v) is 6.65. The van der Waals surface area contributed by atoms with Crippen LogP contribution in [0.3, 0.4) is 0 Å². The minimum absolute atomic E-state index is 0.189. The van der Waals surface area contributed by atoms with Gasteiger partial charge in [-0.3, -0.25) is 0 Å². The fourth-order valence-corrected chi connectivity index (χ4v) is 2.15. The van der Waals surface area contributed by atoms with Crippen LogP contribution in [0.5, 0.6) is 0 Å². The molecule has 0 saturated carbocycles. The molecule has 0 aromatic heterocycles. The zero-order chi connectivity index (χ0) is 13.7. The number of nitrogens with zero attached hydrogens (tertiary/aromatic N) is 1. The molecule has 0 aliphatic heterocycles. The molecule has 0 spiro atoms. The fraction of sp³-hybridized carbons (Fsp3) is 0.294. The molecule has 0 heterocycles. The van der Waals surface area contributed by atoms with Crippen LogP contribution in [0, 0.1) is 5.82 Å². The van der Waals surface area contributed by atoms with Gasteiger partial charge in [-0.1, -0.05) is 36.4 Å². The zero-order valence-electron chi connectivity index (χ0n) is 11.6. The van der Waals surface area contributed by atoms with Gasteiger partial charge in [0.2, 0.25) is 0 Å². The van der Waals surface area contributed by atoms with Gasteiger partial charge in [0.1, 0.15) is 5.82 Å². The van der Waals surface area contributed by atoms with Crippen molar-refractivity contribution in [1.82, 2.24) is 4.90 Å². The summed E-state index contributed by atoms with van der Waals surface area (Å²) in [4.78, 5) is 2.20. The Hall–Kier alpha value is -1.67. The monoisotopic (exact) mass is 257 g/mol. The summed E-state index contributed by atoms with van der Waals surface area (Å²) < 4.78 is 12.9. The number of halogens is 1. The van der Waals surface area contributed by atoms with Crippen molar-refractivity contribution in [3.05, 3.63) is 59.9 Å². The lowest BCUT2D eigenvalue weighted by Gasteiger charge is -2.10. The number of benzene rings is 2. The van der Waals surface area contributed by atoms with Crippen molar-refractivity contribution in [3.63, 3.8) is 0 Å². The van der Waals surface area contributed by atoms with E-state index in [1.54, 1.807) is 0 Å². The summed E-state index contributed by atoms with van der Waals surface area (Å²) >= 11 is 0. The lowest BCUT2D eigenvalue weighted by atomic mass is 10.0. The predicted molar refractivity (Wildman–Crippen MR) is 78.7 cm³/mol. The highest BCUT2D eigenvalue weighted by Crippen LogP contribution is 2.21. The average molecular weight is 257 g/mol. The van der Waals surface area contributed by atoms with Crippen molar-refractivity contribution in [3.8, 4) is 11.1 Å². The molecule has 2 aromatic rings. The Morgan fingerprint density at radius 2 is 1.68 bits per heavy atom. The summed E-state index contributed by atoms with van der Waals surface area (Å²) in [6.45, 7) is 1.10.